The van der Waals surface area contributed by atoms with Gasteiger partial charge in [-0.05, 0) is 32.9 Å². The Morgan fingerprint density at radius 1 is 1.24 bits per heavy atom. The molecule has 2 aromatic rings. The highest BCUT2D eigenvalue weighted by Gasteiger charge is 2.06. The van der Waals surface area contributed by atoms with Crippen molar-refractivity contribution in [2.75, 3.05) is 5.32 Å². The minimum Gasteiger partial charge on any atom is -0.378 e. The summed E-state index contributed by atoms with van der Waals surface area (Å²) >= 11 is 0. The molecule has 0 spiro atoms. The van der Waals surface area contributed by atoms with Crippen LogP contribution in [-0.2, 0) is 6.54 Å². The summed E-state index contributed by atoms with van der Waals surface area (Å²) in [7, 11) is 0. The van der Waals surface area contributed by atoms with Crippen LogP contribution < -0.4 is 5.32 Å². The smallest absolute Gasteiger partial charge is 0.146 e. The summed E-state index contributed by atoms with van der Waals surface area (Å²) < 4.78 is 1.93. The van der Waals surface area contributed by atoms with Crippen molar-refractivity contribution in [2.45, 2.75) is 33.4 Å². The van der Waals surface area contributed by atoms with Gasteiger partial charge in [-0.1, -0.05) is 17.7 Å². The molecule has 90 valence electrons. The van der Waals surface area contributed by atoms with E-state index in [-0.39, 0.29) is 0 Å². The first kappa shape index (κ1) is 11.6. The van der Waals surface area contributed by atoms with Crippen molar-refractivity contribution in [3.8, 4) is 0 Å². The molecule has 1 N–H and O–H groups in total. The lowest BCUT2D eigenvalue weighted by Crippen LogP contribution is -2.11. The first-order chi connectivity index (χ1) is 8.16. The van der Waals surface area contributed by atoms with Crippen LogP contribution in [-0.4, -0.2) is 14.8 Å². The van der Waals surface area contributed by atoms with E-state index in [1.165, 1.54) is 5.56 Å². The molecule has 0 amide bonds. The average molecular weight is 230 g/mol. The first-order valence-corrected chi connectivity index (χ1v) is 5.85. The summed E-state index contributed by atoms with van der Waals surface area (Å²) in [5.41, 5.74) is 2.37. The largest absolute Gasteiger partial charge is 0.378 e. The molecule has 1 aromatic heterocycles. The van der Waals surface area contributed by atoms with Crippen LogP contribution in [0.2, 0.25) is 0 Å². The summed E-state index contributed by atoms with van der Waals surface area (Å²) in [5.74, 6) is 0.959. The molecular formula is C13H18N4. The fourth-order valence-electron chi connectivity index (χ4n) is 1.68. The first-order valence-electron chi connectivity index (χ1n) is 5.85. The summed E-state index contributed by atoms with van der Waals surface area (Å²) in [4.78, 5) is 4.26. The molecule has 0 saturated carbocycles. The quantitative estimate of drug-likeness (QED) is 0.878. The van der Waals surface area contributed by atoms with Crippen LogP contribution in [0.15, 0.2) is 30.6 Å². The van der Waals surface area contributed by atoms with Gasteiger partial charge in [0, 0.05) is 11.7 Å². The predicted octanol–water partition coefficient (Wildman–Crippen LogP) is 2.78. The molecule has 0 fully saturated rings. The zero-order chi connectivity index (χ0) is 12.3. The van der Waals surface area contributed by atoms with Gasteiger partial charge in [-0.3, -0.25) is 0 Å². The Hall–Kier alpha value is -1.84. The molecule has 4 heteroatoms. The summed E-state index contributed by atoms with van der Waals surface area (Å²) in [5, 5.41) is 7.55. The second kappa shape index (κ2) is 4.99. The molecule has 0 bridgehead atoms. The number of aromatic nitrogens is 3. The van der Waals surface area contributed by atoms with Crippen molar-refractivity contribution >= 4 is 5.69 Å². The van der Waals surface area contributed by atoms with Gasteiger partial charge in [0.05, 0.1) is 6.54 Å². The topological polar surface area (TPSA) is 42.7 Å². The van der Waals surface area contributed by atoms with E-state index < -0.39 is 0 Å². The van der Waals surface area contributed by atoms with Crippen LogP contribution in [0.1, 0.15) is 31.3 Å². The van der Waals surface area contributed by atoms with Gasteiger partial charge in [-0.2, -0.15) is 5.10 Å². The maximum atomic E-state index is 4.26. The molecule has 1 heterocycles. The van der Waals surface area contributed by atoms with Gasteiger partial charge >= 0.3 is 0 Å². The summed E-state index contributed by atoms with van der Waals surface area (Å²) in [6.45, 7) is 6.98. The third-order valence-corrected chi connectivity index (χ3v) is 2.64. The SMILES string of the molecule is Cc1ccc(NCc2ncnn2C(C)C)cc1. The monoisotopic (exact) mass is 230 g/mol. The molecule has 1 aromatic carbocycles. The summed E-state index contributed by atoms with van der Waals surface area (Å²) in [6, 6.07) is 8.68. The molecule has 0 atom stereocenters. The van der Waals surface area contributed by atoms with E-state index in [0.29, 0.717) is 12.6 Å². The molecule has 4 nitrogen and oxygen atoms in total. The maximum absolute atomic E-state index is 4.26. The van der Waals surface area contributed by atoms with E-state index in [1.54, 1.807) is 6.33 Å². The highest BCUT2D eigenvalue weighted by Crippen LogP contribution is 2.11. The third-order valence-electron chi connectivity index (χ3n) is 2.64. The second-order valence-corrected chi connectivity index (χ2v) is 4.43. The number of nitrogens with zero attached hydrogens (tertiary/aromatic N) is 3. The van der Waals surface area contributed by atoms with E-state index in [1.807, 2.05) is 4.68 Å². The van der Waals surface area contributed by atoms with Crippen molar-refractivity contribution in [3.63, 3.8) is 0 Å². The third kappa shape index (κ3) is 2.84. The minimum absolute atomic E-state index is 0.340. The van der Waals surface area contributed by atoms with E-state index in [2.05, 4.69) is 60.4 Å². The highest BCUT2D eigenvalue weighted by molar-refractivity contribution is 5.44. The maximum Gasteiger partial charge on any atom is 0.146 e. The van der Waals surface area contributed by atoms with E-state index in [0.717, 1.165) is 11.5 Å². The number of anilines is 1. The molecule has 2 rings (SSSR count). The number of hydrogen-bond donors (Lipinski definition) is 1. The van der Waals surface area contributed by atoms with Crippen LogP contribution in [0.4, 0.5) is 5.69 Å². The Kier molecular flexibility index (Phi) is 3.42. The Morgan fingerprint density at radius 2 is 1.94 bits per heavy atom. The molecule has 0 saturated heterocycles. The van der Waals surface area contributed by atoms with Gasteiger partial charge in [0.2, 0.25) is 0 Å². The lowest BCUT2D eigenvalue weighted by atomic mass is 10.2. The molecule has 0 unspecified atom stereocenters. The van der Waals surface area contributed by atoms with Gasteiger partial charge in [0.1, 0.15) is 12.2 Å². The fraction of sp³-hybridized carbons (Fsp3) is 0.385. The minimum atomic E-state index is 0.340. The normalized spacial score (nSPS) is 10.8. The van der Waals surface area contributed by atoms with Crippen LogP contribution in [0.5, 0.6) is 0 Å². The van der Waals surface area contributed by atoms with E-state index >= 15 is 0 Å². The standard InChI is InChI=1S/C13H18N4/c1-10(2)17-13(15-9-16-17)8-14-12-6-4-11(3)5-7-12/h4-7,9-10,14H,8H2,1-3H3. The molecule has 0 aliphatic rings. The number of rotatable bonds is 4. The van der Waals surface area contributed by atoms with Gasteiger partial charge in [0.25, 0.3) is 0 Å². The lowest BCUT2D eigenvalue weighted by Gasteiger charge is -2.10. The highest BCUT2D eigenvalue weighted by atomic mass is 15.3. The molecule has 0 radical (unpaired) electrons. The van der Waals surface area contributed by atoms with Gasteiger partial charge in [0.15, 0.2) is 0 Å². The van der Waals surface area contributed by atoms with E-state index in [4.69, 9.17) is 0 Å². The van der Waals surface area contributed by atoms with Crippen LogP contribution in [0, 0.1) is 6.92 Å². The number of aryl methyl sites for hydroxylation is 1. The van der Waals surface area contributed by atoms with Gasteiger partial charge in [-0.25, -0.2) is 9.67 Å². The number of benzene rings is 1. The second-order valence-electron chi connectivity index (χ2n) is 4.43. The Morgan fingerprint density at radius 3 is 2.59 bits per heavy atom. The van der Waals surface area contributed by atoms with Crippen LogP contribution in [0.25, 0.3) is 0 Å². The van der Waals surface area contributed by atoms with Gasteiger partial charge in [-0.15, -0.1) is 0 Å². The number of nitrogens with one attached hydrogen (secondary N) is 1. The Labute approximate surface area is 102 Å². The molecule has 17 heavy (non-hydrogen) atoms. The lowest BCUT2D eigenvalue weighted by molar-refractivity contribution is 0.509. The summed E-state index contributed by atoms with van der Waals surface area (Å²) in [6.07, 6.45) is 1.60. The van der Waals surface area contributed by atoms with Crippen molar-refractivity contribution in [1.29, 1.82) is 0 Å². The number of hydrogen-bond acceptors (Lipinski definition) is 3. The average Bonchev–Trinajstić information content (AvgIpc) is 2.76. The van der Waals surface area contributed by atoms with Crippen molar-refractivity contribution in [2.24, 2.45) is 0 Å². The predicted molar refractivity (Wildman–Crippen MR) is 68.9 cm³/mol. The Bertz CT molecular complexity index is 470. The molecule has 0 aliphatic heterocycles. The van der Waals surface area contributed by atoms with Crippen LogP contribution >= 0.6 is 0 Å². The zero-order valence-electron chi connectivity index (χ0n) is 10.5. The van der Waals surface area contributed by atoms with Crippen molar-refractivity contribution in [3.05, 3.63) is 42.0 Å². The van der Waals surface area contributed by atoms with Gasteiger partial charge < -0.3 is 5.32 Å². The fourth-order valence-corrected chi connectivity index (χ4v) is 1.68. The van der Waals surface area contributed by atoms with Crippen LogP contribution in [0.3, 0.4) is 0 Å². The van der Waals surface area contributed by atoms with Crippen molar-refractivity contribution in [1.82, 2.24) is 14.8 Å². The zero-order valence-corrected chi connectivity index (χ0v) is 10.5. The Balaban J connectivity index is 2.02. The van der Waals surface area contributed by atoms with E-state index in [9.17, 15) is 0 Å². The molecular weight excluding hydrogens is 212 g/mol. The molecule has 0 aliphatic carbocycles. The van der Waals surface area contributed by atoms with Crippen molar-refractivity contribution < 1.29 is 0 Å².